The van der Waals surface area contributed by atoms with Crippen LogP contribution in [0, 0.1) is 0 Å². The lowest BCUT2D eigenvalue weighted by atomic mass is 10.1. The first-order valence-electron chi connectivity index (χ1n) is 6.39. The Kier molecular flexibility index (Phi) is 3.58. The van der Waals surface area contributed by atoms with Gasteiger partial charge >= 0.3 is 0 Å². The Hall–Kier alpha value is -2.04. The molecule has 3 N–H and O–H groups in total. The molecule has 0 aliphatic heterocycles. The summed E-state index contributed by atoms with van der Waals surface area (Å²) < 4.78 is 6.87. The number of rotatable bonds is 4. The van der Waals surface area contributed by atoms with E-state index in [1.165, 1.54) is 10.1 Å². The summed E-state index contributed by atoms with van der Waals surface area (Å²) >= 11 is 1.69. The van der Waals surface area contributed by atoms with Gasteiger partial charge in [-0.15, -0.1) is 11.3 Å². The van der Waals surface area contributed by atoms with Crippen LogP contribution in [0.3, 0.4) is 0 Å². The van der Waals surface area contributed by atoms with Crippen LogP contribution in [0.1, 0.15) is 10.4 Å². The van der Waals surface area contributed by atoms with E-state index in [1.54, 1.807) is 29.5 Å². The van der Waals surface area contributed by atoms with E-state index >= 15 is 0 Å². The number of thiophene rings is 1. The van der Waals surface area contributed by atoms with Gasteiger partial charge in [0.15, 0.2) is 11.5 Å². The van der Waals surface area contributed by atoms with E-state index in [4.69, 9.17) is 10.5 Å². The predicted octanol–water partition coefficient (Wildman–Crippen LogP) is 3.64. The van der Waals surface area contributed by atoms with Crippen LogP contribution in [0.5, 0.6) is 11.5 Å². The zero-order valence-electron chi connectivity index (χ0n) is 10.9. The van der Waals surface area contributed by atoms with Gasteiger partial charge in [0.2, 0.25) is 0 Å². The van der Waals surface area contributed by atoms with E-state index in [0.29, 0.717) is 18.9 Å². The lowest BCUT2D eigenvalue weighted by Gasteiger charge is -2.05. The molecule has 0 saturated carbocycles. The average Bonchev–Trinajstić information content (AvgIpc) is 2.89. The smallest absolute Gasteiger partial charge is 0.161 e. The number of aromatic hydroxyl groups is 1. The van der Waals surface area contributed by atoms with Crippen molar-refractivity contribution in [1.29, 1.82) is 0 Å². The maximum absolute atomic E-state index is 9.67. The molecule has 0 aliphatic carbocycles. The SMILES string of the molecule is NCc1cccc2sc(COc3ccccc3O)cc12. The summed E-state index contributed by atoms with van der Waals surface area (Å²) in [5.74, 6) is 0.667. The Morgan fingerprint density at radius 2 is 1.95 bits per heavy atom. The summed E-state index contributed by atoms with van der Waals surface area (Å²) in [5.41, 5.74) is 6.90. The Labute approximate surface area is 121 Å². The predicted molar refractivity (Wildman–Crippen MR) is 82.2 cm³/mol. The summed E-state index contributed by atoms with van der Waals surface area (Å²) in [6.07, 6.45) is 0. The third kappa shape index (κ3) is 2.48. The third-order valence-electron chi connectivity index (χ3n) is 3.16. The van der Waals surface area contributed by atoms with Crippen molar-refractivity contribution in [2.45, 2.75) is 13.2 Å². The number of para-hydroxylation sites is 2. The maximum atomic E-state index is 9.67. The number of phenolic OH excluding ortho intramolecular Hbond substituents is 1. The van der Waals surface area contributed by atoms with Gasteiger partial charge in [-0.1, -0.05) is 24.3 Å². The number of benzene rings is 2. The number of hydrogen-bond acceptors (Lipinski definition) is 4. The monoisotopic (exact) mass is 285 g/mol. The normalized spacial score (nSPS) is 10.8. The summed E-state index contributed by atoms with van der Waals surface area (Å²) in [7, 11) is 0. The van der Waals surface area contributed by atoms with Crippen LogP contribution in [0.4, 0.5) is 0 Å². The lowest BCUT2D eigenvalue weighted by Crippen LogP contribution is -1.95. The number of hydrogen-bond donors (Lipinski definition) is 2. The van der Waals surface area contributed by atoms with Crippen LogP contribution in [0.15, 0.2) is 48.5 Å². The Morgan fingerprint density at radius 1 is 1.10 bits per heavy atom. The average molecular weight is 285 g/mol. The second-order valence-electron chi connectivity index (χ2n) is 4.50. The second kappa shape index (κ2) is 5.53. The van der Waals surface area contributed by atoms with Crippen LogP contribution < -0.4 is 10.5 Å². The molecular weight excluding hydrogens is 270 g/mol. The van der Waals surface area contributed by atoms with Gasteiger partial charge in [-0.05, 0) is 35.2 Å². The quantitative estimate of drug-likeness (QED) is 0.769. The van der Waals surface area contributed by atoms with Crippen LogP contribution in [-0.4, -0.2) is 5.11 Å². The molecule has 0 amide bonds. The molecule has 4 heteroatoms. The first-order chi connectivity index (χ1) is 9.78. The first-order valence-corrected chi connectivity index (χ1v) is 7.21. The zero-order chi connectivity index (χ0) is 13.9. The molecule has 20 heavy (non-hydrogen) atoms. The molecule has 1 aromatic heterocycles. The molecule has 0 fully saturated rings. The van der Waals surface area contributed by atoms with Crippen LogP contribution in [0.25, 0.3) is 10.1 Å². The van der Waals surface area contributed by atoms with E-state index < -0.39 is 0 Å². The highest BCUT2D eigenvalue weighted by Crippen LogP contribution is 2.30. The fourth-order valence-electron chi connectivity index (χ4n) is 2.15. The van der Waals surface area contributed by atoms with Gasteiger partial charge in [-0.2, -0.15) is 0 Å². The number of fused-ring (bicyclic) bond motifs is 1. The lowest BCUT2D eigenvalue weighted by molar-refractivity contribution is 0.292. The molecule has 3 aromatic rings. The van der Waals surface area contributed by atoms with Crippen molar-refractivity contribution in [3.63, 3.8) is 0 Å². The van der Waals surface area contributed by atoms with Crippen LogP contribution in [-0.2, 0) is 13.2 Å². The van der Waals surface area contributed by atoms with Gasteiger partial charge < -0.3 is 15.6 Å². The first kappa shape index (κ1) is 13.0. The molecule has 0 spiro atoms. The van der Waals surface area contributed by atoms with Crippen molar-refractivity contribution in [2.75, 3.05) is 0 Å². The minimum atomic E-state index is 0.163. The summed E-state index contributed by atoms with van der Waals surface area (Å²) in [5, 5.41) is 10.9. The molecule has 0 radical (unpaired) electrons. The Morgan fingerprint density at radius 3 is 2.75 bits per heavy atom. The van der Waals surface area contributed by atoms with Gasteiger partial charge in [0, 0.05) is 16.1 Å². The molecule has 0 aliphatic rings. The minimum absolute atomic E-state index is 0.163. The van der Waals surface area contributed by atoms with Crippen molar-refractivity contribution >= 4 is 21.4 Å². The van der Waals surface area contributed by atoms with Crippen molar-refractivity contribution in [3.8, 4) is 11.5 Å². The molecule has 0 saturated heterocycles. The van der Waals surface area contributed by atoms with E-state index in [0.717, 1.165) is 10.4 Å². The van der Waals surface area contributed by atoms with Crippen molar-refractivity contribution in [1.82, 2.24) is 0 Å². The molecule has 0 atom stereocenters. The second-order valence-corrected chi connectivity index (χ2v) is 5.67. The molecule has 3 rings (SSSR count). The fraction of sp³-hybridized carbons (Fsp3) is 0.125. The van der Waals surface area contributed by atoms with Gasteiger partial charge in [0.25, 0.3) is 0 Å². The van der Waals surface area contributed by atoms with Gasteiger partial charge in [-0.3, -0.25) is 0 Å². The summed E-state index contributed by atoms with van der Waals surface area (Å²) in [4.78, 5) is 1.11. The number of phenols is 1. The van der Waals surface area contributed by atoms with Gasteiger partial charge in [0.05, 0.1) is 0 Å². The topological polar surface area (TPSA) is 55.5 Å². The molecular formula is C16H15NO2S. The highest BCUT2D eigenvalue weighted by molar-refractivity contribution is 7.19. The Balaban J connectivity index is 1.83. The zero-order valence-corrected chi connectivity index (χ0v) is 11.7. The number of nitrogens with two attached hydrogens (primary N) is 1. The molecule has 2 aromatic carbocycles. The van der Waals surface area contributed by atoms with Crippen molar-refractivity contribution < 1.29 is 9.84 Å². The highest BCUT2D eigenvalue weighted by atomic mass is 32.1. The van der Waals surface area contributed by atoms with E-state index in [1.807, 2.05) is 18.2 Å². The van der Waals surface area contributed by atoms with E-state index in [9.17, 15) is 5.11 Å². The van der Waals surface area contributed by atoms with Crippen LogP contribution in [0.2, 0.25) is 0 Å². The molecule has 1 heterocycles. The standard InChI is InChI=1S/C16H15NO2S/c17-9-11-4-3-7-16-13(11)8-12(20-16)10-19-15-6-2-1-5-14(15)18/h1-8,18H,9-10,17H2. The minimum Gasteiger partial charge on any atom is -0.504 e. The molecule has 0 bridgehead atoms. The van der Waals surface area contributed by atoms with E-state index in [2.05, 4.69) is 12.1 Å². The molecule has 102 valence electrons. The summed E-state index contributed by atoms with van der Waals surface area (Å²) in [6.45, 7) is 0.981. The van der Waals surface area contributed by atoms with Gasteiger partial charge in [-0.25, -0.2) is 0 Å². The Bertz CT molecular complexity index is 736. The molecule has 3 nitrogen and oxygen atoms in total. The summed E-state index contributed by atoms with van der Waals surface area (Å²) in [6, 6.07) is 15.3. The number of ether oxygens (including phenoxy) is 1. The van der Waals surface area contributed by atoms with Crippen molar-refractivity contribution in [2.24, 2.45) is 5.73 Å². The third-order valence-corrected chi connectivity index (χ3v) is 4.23. The fourth-order valence-corrected chi connectivity index (χ4v) is 3.17. The van der Waals surface area contributed by atoms with Crippen LogP contribution >= 0.6 is 11.3 Å². The van der Waals surface area contributed by atoms with E-state index in [-0.39, 0.29) is 5.75 Å². The highest BCUT2D eigenvalue weighted by Gasteiger charge is 2.07. The van der Waals surface area contributed by atoms with Gasteiger partial charge in [0.1, 0.15) is 6.61 Å². The maximum Gasteiger partial charge on any atom is 0.161 e. The largest absolute Gasteiger partial charge is 0.504 e. The molecule has 0 unspecified atom stereocenters. The van der Waals surface area contributed by atoms with Crippen molar-refractivity contribution in [3.05, 3.63) is 59.0 Å².